The second-order valence-electron chi connectivity index (χ2n) is 3.06. The van der Waals surface area contributed by atoms with Gasteiger partial charge in [0.15, 0.2) is 0 Å². The Morgan fingerprint density at radius 1 is 1.20 bits per heavy atom. The molecular weight excluding hydrogens is 203 g/mol. The first-order valence-corrected chi connectivity index (χ1v) is 4.58. The maximum atomic E-state index is 12.5. The average molecular weight is 215 g/mol. The van der Waals surface area contributed by atoms with Gasteiger partial charge in [0, 0.05) is 0 Å². The van der Waals surface area contributed by atoms with Gasteiger partial charge in [0.25, 0.3) is 0 Å². The molecule has 2 N–H and O–H groups in total. The summed E-state index contributed by atoms with van der Waals surface area (Å²) >= 11 is 0. The van der Waals surface area contributed by atoms with Gasteiger partial charge in [-0.1, -0.05) is 30.4 Å². The lowest BCUT2D eigenvalue weighted by Gasteiger charge is -2.09. The molecule has 0 amide bonds. The molecule has 0 spiro atoms. The second-order valence-corrected chi connectivity index (χ2v) is 3.06. The molecule has 0 unspecified atom stereocenters. The van der Waals surface area contributed by atoms with Crippen LogP contribution in [0, 0.1) is 0 Å². The van der Waals surface area contributed by atoms with Crippen LogP contribution < -0.4 is 5.73 Å². The van der Waals surface area contributed by atoms with Crippen LogP contribution in [-0.2, 0) is 6.18 Å². The van der Waals surface area contributed by atoms with E-state index in [1.165, 1.54) is 18.2 Å². The minimum absolute atomic E-state index is 0.179. The Labute approximate surface area is 86.4 Å². The normalized spacial score (nSPS) is 12.3. The molecule has 0 aliphatic heterocycles. The van der Waals surface area contributed by atoms with Gasteiger partial charge in [0.2, 0.25) is 0 Å². The largest absolute Gasteiger partial charge is 0.416 e. The molecule has 0 fully saturated rings. The fourth-order valence-electron chi connectivity index (χ4n) is 1.21. The minimum Gasteiger partial charge on any atom is -0.330 e. The summed E-state index contributed by atoms with van der Waals surface area (Å²) in [5.41, 5.74) is 4.81. The zero-order valence-electron chi connectivity index (χ0n) is 8.09. The van der Waals surface area contributed by atoms with Crippen LogP contribution in [0.5, 0.6) is 0 Å². The summed E-state index contributed by atoms with van der Waals surface area (Å²) in [6.45, 7) is 0.435. The Bertz CT molecular complexity index is 342. The van der Waals surface area contributed by atoms with E-state index in [0.717, 1.165) is 6.07 Å². The first-order chi connectivity index (χ1) is 7.05. The smallest absolute Gasteiger partial charge is 0.330 e. The number of alkyl halides is 3. The van der Waals surface area contributed by atoms with E-state index >= 15 is 0 Å². The predicted molar refractivity (Wildman–Crippen MR) is 54.1 cm³/mol. The first kappa shape index (κ1) is 11.8. The molecule has 0 saturated heterocycles. The van der Waals surface area contributed by atoms with Gasteiger partial charge in [0.1, 0.15) is 0 Å². The average Bonchev–Trinajstić information content (AvgIpc) is 2.17. The van der Waals surface area contributed by atoms with Crippen LogP contribution in [0.15, 0.2) is 30.3 Å². The van der Waals surface area contributed by atoms with Crippen molar-refractivity contribution in [2.45, 2.75) is 12.6 Å². The highest BCUT2D eigenvalue weighted by atomic mass is 19.4. The van der Waals surface area contributed by atoms with E-state index < -0.39 is 11.7 Å². The lowest BCUT2D eigenvalue weighted by molar-refractivity contribution is -0.137. The van der Waals surface area contributed by atoms with Crippen molar-refractivity contribution in [1.29, 1.82) is 0 Å². The molecule has 0 atom stereocenters. The van der Waals surface area contributed by atoms with E-state index in [9.17, 15) is 13.2 Å². The van der Waals surface area contributed by atoms with Crippen molar-refractivity contribution in [2.24, 2.45) is 5.73 Å². The Morgan fingerprint density at radius 2 is 1.87 bits per heavy atom. The molecule has 1 aromatic rings. The summed E-state index contributed by atoms with van der Waals surface area (Å²) < 4.78 is 37.5. The highest BCUT2D eigenvalue weighted by Gasteiger charge is 2.32. The number of halogens is 3. The molecule has 15 heavy (non-hydrogen) atoms. The van der Waals surface area contributed by atoms with E-state index in [-0.39, 0.29) is 5.56 Å². The quantitative estimate of drug-likeness (QED) is 0.823. The molecule has 1 nitrogen and oxygen atoms in total. The zero-order chi connectivity index (χ0) is 11.3. The molecule has 0 heterocycles. The summed E-state index contributed by atoms with van der Waals surface area (Å²) in [5, 5.41) is 0. The summed E-state index contributed by atoms with van der Waals surface area (Å²) in [4.78, 5) is 0. The summed E-state index contributed by atoms with van der Waals surface area (Å²) in [6.07, 6.45) is -0.629. The molecule has 0 aromatic heterocycles. The molecule has 0 aliphatic carbocycles. The van der Waals surface area contributed by atoms with Crippen LogP contribution in [0.1, 0.15) is 17.5 Å². The Kier molecular flexibility index (Phi) is 3.91. The third-order valence-electron chi connectivity index (χ3n) is 1.90. The van der Waals surface area contributed by atoms with E-state index in [4.69, 9.17) is 5.73 Å². The van der Waals surface area contributed by atoms with E-state index in [1.807, 2.05) is 0 Å². The van der Waals surface area contributed by atoms with Crippen molar-refractivity contribution in [3.63, 3.8) is 0 Å². The van der Waals surface area contributed by atoms with Crippen LogP contribution in [-0.4, -0.2) is 6.54 Å². The third kappa shape index (κ3) is 3.40. The van der Waals surface area contributed by atoms with Crippen molar-refractivity contribution < 1.29 is 13.2 Å². The van der Waals surface area contributed by atoms with Crippen molar-refractivity contribution in [3.05, 3.63) is 41.5 Å². The second kappa shape index (κ2) is 4.98. The van der Waals surface area contributed by atoms with E-state index in [1.54, 1.807) is 12.1 Å². The molecule has 0 saturated carbocycles. The van der Waals surface area contributed by atoms with Gasteiger partial charge in [-0.3, -0.25) is 0 Å². The lowest BCUT2D eigenvalue weighted by Crippen LogP contribution is -2.06. The van der Waals surface area contributed by atoms with Crippen molar-refractivity contribution >= 4 is 6.08 Å². The molecule has 0 bridgehead atoms. The SMILES string of the molecule is NCCC=Cc1ccccc1C(F)(F)F. The summed E-state index contributed by atoms with van der Waals surface area (Å²) in [5.74, 6) is 0. The number of nitrogens with two attached hydrogens (primary N) is 1. The topological polar surface area (TPSA) is 26.0 Å². The van der Waals surface area contributed by atoms with Crippen molar-refractivity contribution in [3.8, 4) is 0 Å². The van der Waals surface area contributed by atoms with Crippen molar-refractivity contribution in [1.82, 2.24) is 0 Å². The van der Waals surface area contributed by atoms with Crippen LogP contribution in [0.25, 0.3) is 6.08 Å². The molecule has 0 aliphatic rings. The van der Waals surface area contributed by atoms with Crippen LogP contribution in [0.4, 0.5) is 13.2 Å². The molecule has 1 aromatic carbocycles. The Balaban J connectivity index is 2.97. The van der Waals surface area contributed by atoms with Gasteiger partial charge in [-0.15, -0.1) is 0 Å². The number of rotatable bonds is 3. The van der Waals surface area contributed by atoms with Gasteiger partial charge in [-0.25, -0.2) is 0 Å². The molecular formula is C11H12F3N. The van der Waals surface area contributed by atoms with Gasteiger partial charge in [-0.2, -0.15) is 13.2 Å². The molecule has 1 rings (SSSR count). The fraction of sp³-hybridized carbons (Fsp3) is 0.273. The predicted octanol–water partition coefficient (Wildman–Crippen LogP) is 3.07. The standard InChI is InChI=1S/C11H12F3N/c12-11(13,14)10-7-2-1-5-9(10)6-3-4-8-15/h1-3,5-7H,4,8,15H2. The number of benzene rings is 1. The molecule has 4 heteroatoms. The van der Waals surface area contributed by atoms with Gasteiger partial charge >= 0.3 is 6.18 Å². The van der Waals surface area contributed by atoms with Crippen molar-refractivity contribution in [2.75, 3.05) is 6.54 Å². The van der Waals surface area contributed by atoms with Gasteiger partial charge < -0.3 is 5.73 Å². The van der Waals surface area contributed by atoms with Gasteiger partial charge in [0.05, 0.1) is 5.56 Å². The first-order valence-electron chi connectivity index (χ1n) is 4.58. The molecule has 0 radical (unpaired) electrons. The summed E-state index contributed by atoms with van der Waals surface area (Å²) in [7, 11) is 0. The Hall–Kier alpha value is -1.29. The number of hydrogen-bond donors (Lipinski definition) is 1. The number of hydrogen-bond acceptors (Lipinski definition) is 1. The van der Waals surface area contributed by atoms with Crippen LogP contribution in [0.3, 0.4) is 0 Å². The maximum absolute atomic E-state index is 12.5. The van der Waals surface area contributed by atoms with E-state index in [0.29, 0.717) is 13.0 Å². The summed E-state index contributed by atoms with van der Waals surface area (Å²) in [6, 6.07) is 5.47. The van der Waals surface area contributed by atoms with Crippen LogP contribution in [0.2, 0.25) is 0 Å². The zero-order valence-corrected chi connectivity index (χ0v) is 8.09. The van der Waals surface area contributed by atoms with E-state index in [2.05, 4.69) is 0 Å². The van der Waals surface area contributed by atoms with Gasteiger partial charge in [-0.05, 0) is 24.6 Å². The fourth-order valence-corrected chi connectivity index (χ4v) is 1.21. The lowest BCUT2D eigenvalue weighted by atomic mass is 10.1. The third-order valence-corrected chi connectivity index (χ3v) is 1.90. The minimum atomic E-state index is -4.30. The highest BCUT2D eigenvalue weighted by molar-refractivity contribution is 5.54. The Morgan fingerprint density at radius 3 is 2.47 bits per heavy atom. The maximum Gasteiger partial charge on any atom is 0.416 e. The monoisotopic (exact) mass is 215 g/mol. The highest BCUT2D eigenvalue weighted by Crippen LogP contribution is 2.32. The van der Waals surface area contributed by atoms with Crippen LogP contribution >= 0.6 is 0 Å². The molecule has 82 valence electrons.